The molecule has 2 unspecified atom stereocenters. The van der Waals surface area contributed by atoms with Gasteiger partial charge in [-0.2, -0.15) is 0 Å². The van der Waals surface area contributed by atoms with Crippen LogP contribution in [-0.2, 0) is 9.53 Å². The summed E-state index contributed by atoms with van der Waals surface area (Å²) < 4.78 is 12.2. The van der Waals surface area contributed by atoms with Crippen molar-refractivity contribution in [3.05, 3.63) is 28.2 Å². The van der Waals surface area contributed by atoms with E-state index in [0.717, 1.165) is 10.0 Å². The van der Waals surface area contributed by atoms with E-state index in [-0.39, 0.29) is 13.0 Å². The molecule has 0 radical (unpaired) electrons. The highest BCUT2D eigenvalue weighted by Gasteiger charge is 2.42. The third-order valence-corrected chi connectivity index (χ3v) is 4.10. The van der Waals surface area contributed by atoms with Crippen molar-refractivity contribution < 1.29 is 24.2 Å². The number of carboxylic acids is 1. The third-order valence-electron chi connectivity index (χ3n) is 3.61. The Kier molecular flexibility index (Phi) is 5.42. The van der Waals surface area contributed by atoms with Gasteiger partial charge in [0.05, 0.1) is 6.54 Å². The molecule has 1 saturated heterocycles. The van der Waals surface area contributed by atoms with E-state index in [9.17, 15) is 14.7 Å². The number of ether oxygens (including phenoxy) is 2. The molecule has 24 heavy (non-hydrogen) atoms. The molecule has 0 spiro atoms. The highest BCUT2D eigenvalue weighted by molar-refractivity contribution is 9.10. The summed E-state index contributed by atoms with van der Waals surface area (Å²) in [5, 5.41) is 9.39. The van der Waals surface area contributed by atoms with Crippen molar-refractivity contribution in [1.29, 1.82) is 0 Å². The average molecular weight is 400 g/mol. The first-order valence-electron chi connectivity index (χ1n) is 7.72. The van der Waals surface area contributed by atoms with Gasteiger partial charge in [0.2, 0.25) is 0 Å². The quantitative estimate of drug-likeness (QED) is 0.839. The number of halogens is 1. The molecule has 1 aromatic carbocycles. The Labute approximate surface area is 149 Å². The normalized spacial score (nSPS) is 20.8. The SMILES string of the molecule is Cc1cc(Br)ccc1OC1CC(C(=O)O)N(C(=O)OC(C)(C)C)C1. The summed E-state index contributed by atoms with van der Waals surface area (Å²) in [6.07, 6.45) is -0.795. The lowest BCUT2D eigenvalue weighted by Crippen LogP contribution is -2.43. The molecule has 132 valence electrons. The van der Waals surface area contributed by atoms with E-state index in [4.69, 9.17) is 9.47 Å². The van der Waals surface area contributed by atoms with Crippen LogP contribution in [0.2, 0.25) is 0 Å². The van der Waals surface area contributed by atoms with Crippen LogP contribution in [0.3, 0.4) is 0 Å². The van der Waals surface area contributed by atoms with E-state index >= 15 is 0 Å². The molecule has 0 aromatic heterocycles. The Bertz CT molecular complexity index is 640. The van der Waals surface area contributed by atoms with E-state index in [1.807, 2.05) is 25.1 Å². The molecule has 2 atom stereocenters. The van der Waals surface area contributed by atoms with Crippen LogP contribution in [0.15, 0.2) is 22.7 Å². The highest BCUT2D eigenvalue weighted by Crippen LogP contribution is 2.28. The van der Waals surface area contributed by atoms with E-state index in [0.29, 0.717) is 5.75 Å². The fourth-order valence-corrected chi connectivity index (χ4v) is 3.04. The Morgan fingerprint density at radius 2 is 2.00 bits per heavy atom. The summed E-state index contributed by atoms with van der Waals surface area (Å²) in [6.45, 7) is 7.33. The number of carbonyl (C=O) groups is 2. The molecular formula is C17H22BrNO5. The average Bonchev–Trinajstić information content (AvgIpc) is 2.84. The lowest BCUT2D eigenvalue weighted by molar-refractivity contribution is -0.142. The lowest BCUT2D eigenvalue weighted by atomic mass is 10.2. The second kappa shape index (κ2) is 7.01. The maximum absolute atomic E-state index is 12.3. The van der Waals surface area contributed by atoms with Crippen LogP contribution < -0.4 is 4.74 Å². The van der Waals surface area contributed by atoms with Gasteiger partial charge >= 0.3 is 12.1 Å². The van der Waals surface area contributed by atoms with E-state index in [1.54, 1.807) is 20.8 Å². The zero-order valence-corrected chi connectivity index (χ0v) is 15.8. The molecular weight excluding hydrogens is 378 g/mol. The molecule has 1 aromatic rings. The van der Waals surface area contributed by atoms with Crippen LogP contribution in [0.5, 0.6) is 5.75 Å². The lowest BCUT2D eigenvalue weighted by Gasteiger charge is -2.26. The minimum atomic E-state index is -1.06. The van der Waals surface area contributed by atoms with Crippen molar-refractivity contribution in [3.8, 4) is 5.75 Å². The van der Waals surface area contributed by atoms with Gasteiger partial charge in [-0.25, -0.2) is 9.59 Å². The van der Waals surface area contributed by atoms with Gasteiger partial charge in [-0.15, -0.1) is 0 Å². The number of carboxylic acid groups (broad SMARTS) is 1. The maximum atomic E-state index is 12.3. The van der Waals surface area contributed by atoms with Crippen molar-refractivity contribution in [2.75, 3.05) is 6.54 Å². The van der Waals surface area contributed by atoms with Crippen LogP contribution in [0, 0.1) is 6.92 Å². The second-order valence-corrected chi connectivity index (χ2v) is 7.79. The molecule has 0 bridgehead atoms. The van der Waals surface area contributed by atoms with Crippen molar-refractivity contribution >= 4 is 28.0 Å². The van der Waals surface area contributed by atoms with Crippen molar-refractivity contribution in [2.24, 2.45) is 0 Å². The van der Waals surface area contributed by atoms with Crippen molar-refractivity contribution in [1.82, 2.24) is 4.90 Å². The monoisotopic (exact) mass is 399 g/mol. The molecule has 1 fully saturated rings. The van der Waals surface area contributed by atoms with Crippen molar-refractivity contribution in [2.45, 2.75) is 51.9 Å². The molecule has 1 N–H and O–H groups in total. The number of aliphatic carboxylic acids is 1. The smallest absolute Gasteiger partial charge is 0.411 e. The van der Waals surface area contributed by atoms with E-state index < -0.39 is 29.8 Å². The van der Waals surface area contributed by atoms with E-state index in [2.05, 4.69) is 15.9 Å². The summed E-state index contributed by atoms with van der Waals surface area (Å²) >= 11 is 3.39. The zero-order chi connectivity index (χ0) is 18.1. The largest absolute Gasteiger partial charge is 0.488 e. The molecule has 1 amide bonds. The number of rotatable bonds is 3. The Morgan fingerprint density at radius 1 is 1.33 bits per heavy atom. The number of likely N-dealkylation sites (tertiary alicyclic amines) is 1. The van der Waals surface area contributed by atoms with Gasteiger partial charge in [0.25, 0.3) is 0 Å². The number of carbonyl (C=O) groups excluding carboxylic acids is 1. The summed E-state index contributed by atoms with van der Waals surface area (Å²) in [5.41, 5.74) is 0.258. The molecule has 1 aliphatic rings. The first kappa shape index (κ1) is 18.6. The van der Waals surface area contributed by atoms with Gasteiger partial charge in [-0.3, -0.25) is 4.90 Å². The topological polar surface area (TPSA) is 76.1 Å². The van der Waals surface area contributed by atoms with Crippen molar-refractivity contribution in [3.63, 3.8) is 0 Å². The number of hydrogen-bond acceptors (Lipinski definition) is 4. The van der Waals surface area contributed by atoms with Gasteiger partial charge < -0.3 is 14.6 Å². The van der Waals surface area contributed by atoms with Gasteiger partial charge in [0.15, 0.2) is 0 Å². The maximum Gasteiger partial charge on any atom is 0.411 e. The second-order valence-electron chi connectivity index (χ2n) is 6.87. The van der Waals surface area contributed by atoms with Crippen LogP contribution in [0.4, 0.5) is 4.79 Å². The van der Waals surface area contributed by atoms with Gasteiger partial charge in [-0.05, 0) is 51.5 Å². The first-order valence-corrected chi connectivity index (χ1v) is 8.51. The predicted octanol–water partition coefficient (Wildman–Crippen LogP) is 3.60. The third kappa shape index (κ3) is 4.63. The van der Waals surface area contributed by atoms with Crippen LogP contribution in [0.1, 0.15) is 32.8 Å². The number of benzene rings is 1. The van der Waals surface area contributed by atoms with Gasteiger partial charge in [-0.1, -0.05) is 15.9 Å². The summed E-state index contributed by atoms with van der Waals surface area (Å²) in [4.78, 5) is 25.0. The van der Waals surface area contributed by atoms with Crippen LogP contribution in [-0.4, -0.2) is 46.4 Å². The number of hydrogen-bond donors (Lipinski definition) is 1. The minimum Gasteiger partial charge on any atom is -0.488 e. The fraction of sp³-hybridized carbons (Fsp3) is 0.529. The number of nitrogens with zero attached hydrogens (tertiary/aromatic N) is 1. The zero-order valence-electron chi connectivity index (χ0n) is 14.2. The molecule has 0 aliphatic carbocycles. The van der Waals surface area contributed by atoms with Crippen LogP contribution >= 0.6 is 15.9 Å². The Hall–Kier alpha value is -1.76. The summed E-state index contributed by atoms with van der Waals surface area (Å²) in [6, 6.07) is 4.66. The van der Waals surface area contributed by atoms with Crippen LogP contribution in [0.25, 0.3) is 0 Å². The molecule has 1 aliphatic heterocycles. The predicted molar refractivity (Wildman–Crippen MR) is 92.3 cm³/mol. The van der Waals surface area contributed by atoms with E-state index in [1.165, 1.54) is 4.90 Å². The standard InChI is InChI=1S/C17H22BrNO5/c1-10-7-11(18)5-6-14(10)23-12-8-13(15(20)21)19(9-12)16(22)24-17(2,3)4/h5-7,12-13H,8-9H2,1-4H3,(H,20,21). The highest BCUT2D eigenvalue weighted by atomic mass is 79.9. The number of aryl methyl sites for hydroxylation is 1. The Morgan fingerprint density at radius 3 is 2.54 bits per heavy atom. The summed E-state index contributed by atoms with van der Waals surface area (Å²) in [5.74, 6) is -0.377. The molecule has 6 nitrogen and oxygen atoms in total. The fourth-order valence-electron chi connectivity index (χ4n) is 2.56. The molecule has 0 saturated carbocycles. The summed E-state index contributed by atoms with van der Waals surface area (Å²) in [7, 11) is 0. The molecule has 7 heteroatoms. The molecule has 1 heterocycles. The van der Waals surface area contributed by atoms with Gasteiger partial charge in [0, 0.05) is 10.9 Å². The molecule has 2 rings (SSSR count). The first-order chi connectivity index (χ1) is 11.1. The Balaban J connectivity index is 2.11. The minimum absolute atomic E-state index is 0.182. The number of amides is 1. The van der Waals surface area contributed by atoms with Gasteiger partial charge in [0.1, 0.15) is 23.5 Å².